The van der Waals surface area contributed by atoms with Crippen molar-refractivity contribution >= 4 is 11.5 Å². The van der Waals surface area contributed by atoms with E-state index in [0.717, 1.165) is 49.1 Å². The van der Waals surface area contributed by atoms with Gasteiger partial charge in [-0.1, -0.05) is 35.9 Å². The van der Waals surface area contributed by atoms with Crippen LogP contribution in [0.1, 0.15) is 43.7 Å². The van der Waals surface area contributed by atoms with Crippen molar-refractivity contribution in [3.63, 3.8) is 0 Å². The van der Waals surface area contributed by atoms with Gasteiger partial charge >= 0.3 is 0 Å². The number of piperazine rings is 1. The van der Waals surface area contributed by atoms with Crippen molar-refractivity contribution in [1.29, 1.82) is 0 Å². The molecule has 0 bridgehead atoms. The fourth-order valence-corrected chi connectivity index (χ4v) is 4.15. The van der Waals surface area contributed by atoms with Crippen molar-refractivity contribution in [3.05, 3.63) is 41.5 Å². The van der Waals surface area contributed by atoms with Crippen LogP contribution < -0.4 is 16.6 Å². The van der Waals surface area contributed by atoms with Gasteiger partial charge in [-0.05, 0) is 45.1 Å². The molecule has 2 fully saturated rings. The molecule has 1 aliphatic heterocycles. The summed E-state index contributed by atoms with van der Waals surface area (Å²) < 4.78 is 0. The summed E-state index contributed by atoms with van der Waals surface area (Å²) in [6.45, 7) is 8.75. The van der Waals surface area contributed by atoms with Crippen LogP contribution in [-0.4, -0.2) is 43.0 Å². The standard InChI is InChI=1S/C21H33N5/c1-3-20(17-6-4-16(2)5-7-17)24-21(25-22)18-8-10-19(11-9-18)26-14-12-23-13-15-26/h3-7,18-19,23H,8-15,22H2,1-2H3,(H,24,25)/b20-3+. The van der Waals surface area contributed by atoms with Gasteiger partial charge in [0.2, 0.25) is 0 Å². The number of hydrazine groups is 1. The van der Waals surface area contributed by atoms with Crippen LogP contribution in [0.25, 0.3) is 5.70 Å². The van der Waals surface area contributed by atoms with Gasteiger partial charge in [0.1, 0.15) is 5.84 Å². The average Bonchev–Trinajstić information content (AvgIpc) is 2.71. The summed E-state index contributed by atoms with van der Waals surface area (Å²) in [7, 11) is 0. The van der Waals surface area contributed by atoms with Crippen LogP contribution >= 0.6 is 0 Å². The van der Waals surface area contributed by atoms with E-state index in [1.807, 2.05) is 6.92 Å². The third kappa shape index (κ3) is 4.72. The number of hydrogen-bond acceptors (Lipinski definition) is 4. The Morgan fingerprint density at radius 2 is 1.81 bits per heavy atom. The Morgan fingerprint density at radius 1 is 1.15 bits per heavy atom. The highest BCUT2D eigenvalue weighted by Crippen LogP contribution is 2.29. The lowest BCUT2D eigenvalue weighted by atomic mass is 9.84. The molecule has 5 heteroatoms. The molecule has 2 aliphatic rings. The summed E-state index contributed by atoms with van der Waals surface area (Å²) in [4.78, 5) is 7.55. The fourth-order valence-electron chi connectivity index (χ4n) is 4.15. The number of nitrogens with two attached hydrogens (primary N) is 1. The number of aliphatic imine (C=N–C) groups is 1. The minimum absolute atomic E-state index is 0.430. The van der Waals surface area contributed by atoms with E-state index in [4.69, 9.17) is 10.8 Å². The molecule has 4 N–H and O–H groups in total. The molecular formula is C21H33N5. The van der Waals surface area contributed by atoms with E-state index in [1.165, 1.54) is 31.5 Å². The van der Waals surface area contributed by atoms with Gasteiger partial charge in [-0.2, -0.15) is 0 Å². The summed E-state index contributed by atoms with van der Waals surface area (Å²) in [6.07, 6.45) is 6.85. The number of rotatable bonds is 4. The molecule has 1 aromatic carbocycles. The number of aryl methyl sites for hydroxylation is 1. The zero-order valence-electron chi connectivity index (χ0n) is 16.2. The van der Waals surface area contributed by atoms with Crippen LogP contribution in [0, 0.1) is 12.8 Å². The van der Waals surface area contributed by atoms with Gasteiger partial charge < -0.3 is 10.7 Å². The molecule has 0 radical (unpaired) electrons. The third-order valence-corrected chi connectivity index (χ3v) is 5.76. The molecule has 0 spiro atoms. The second kappa shape index (κ2) is 9.31. The zero-order valence-corrected chi connectivity index (χ0v) is 16.2. The second-order valence-electron chi connectivity index (χ2n) is 7.47. The normalized spacial score (nSPS) is 26.0. The molecule has 1 saturated carbocycles. The first-order chi connectivity index (χ1) is 12.7. The molecule has 0 aromatic heterocycles. The van der Waals surface area contributed by atoms with E-state index in [-0.39, 0.29) is 0 Å². The first-order valence-corrected chi connectivity index (χ1v) is 9.94. The van der Waals surface area contributed by atoms with E-state index in [0.29, 0.717) is 5.92 Å². The minimum atomic E-state index is 0.430. The lowest BCUT2D eigenvalue weighted by molar-refractivity contribution is 0.131. The van der Waals surface area contributed by atoms with Gasteiger partial charge in [0.15, 0.2) is 0 Å². The Labute approximate surface area is 157 Å². The Bertz CT molecular complexity index is 620. The largest absolute Gasteiger partial charge is 0.314 e. The van der Waals surface area contributed by atoms with Crippen LogP contribution in [-0.2, 0) is 0 Å². The monoisotopic (exact) mass is 355 g/mol. The lowest BCUT2D eigenvalue weighted by Gasteiger charge is -2.39. The molecule has 142 valence electrons. The second-order valence-corrected chi connectivity index (χ2v) is 7.47. The van der Waals surface area contributed by atoms with Gasteiger partial charge in [-0.3, -0.25) is 4.90 Å². The Hall–Kier alpha value is -1.69. The van der Waals surface area contributed by atoms with E-state index < -0.39 is 0 Å². The van der Waals surface area contributed by atoms with Gasteiger partial charge in [-0.15, -0.1) is 0 Å². The first kappa shape index (κ1) is 19.1. The number of amidine groups is 1. The number of nitrogens with zero attached hydrogens (tertiary/aromatic N) is 2. The molecule has 1 saturated heterocycles. The van der Waals surface area contributed by atoms with Crippen LogP contribution in [0.15, 0.2) is 35.3 Å². The first-order valence-electron chi connectivity index (χ1n) is 9.94. The Balaban J connectivity index is 1.64. The summed E-state index contributed by atoms with van der Waals surface area (Å²) in [5.74, 6) is 7.22. The topological polar surface area (TPSA) is 65.7 Å². The number of hydrogen-bond donors (Lipinski definition) is 3. The summed E-state index contributed by atoms with van der Waals surface area (Å²) >= 11 is 0. The highest BCUT2D eigenvalue weighted by atomic mass is 15.3. The molecule has 0 atom stereocenters. The van der Waals surface area contributed by atoms with Crippen LogP contribution in [0.3, 0.4) is 0 Å². The summed E-state index contributed by atoms with van der Waals surface area (Å²) in [6, 6.07) is 9.24. The molecule has 0 amide bonds. The predicted octanol–water partition coefficient (Wildman–Crippen LogP) is 2.68. The van der Waals surface area contributed by atoms with Crippen molar-refractivity contribution in [2.45, 2.75) is 45.6 Å². The van der Waals surface area contributed by atoms with Crippen LogP contribution in [0.4, 0.5) is 0 Å². The van der Waals surface area contributed by atoms with Crippen molar-refractivity contribution in [1.82, 2.24) is 15.6 Å². The van der Waals surface area contributed by atoms with E-state index in [2.05, 4.69) is 52.9 Å². The van der Waals surface area contributed by atoms with Crippen molar-refractivity contribution in [2.75, 3.05) is 26.2 Å². The quantitative estimate of drug-likeness (QED) is 0.336. The highest BCUT2D eigenvalue weighted by Gasteiger charge is 2.29. The van der Waals surface area contributed by atoms with Crippen molar-refractivity contribution in [3.8, 4) is 0 Å². The predicted molar refractivity (Wildman–Crippen MR) is 110 cm³/mol. The van der Waals surface area contributed by atoms with Crippen molar-refractivity contribution in [2.24, 2.45) is 16.8 Å². The van der Waals surface area contributed by atoms with Crippen LogP contribution in [0.2, 0.25) is 0 Å². The smallest absolute Gasteiger partial charge is 0.119 e. The van der Waals surface area contributed by atoms with Gasteiger partial charge in [0, 0.05) is 38.1 Å². The molecule has 1 heterocycles. The molecule has 26 heavy (non-hydrogen) atoms. The summed E-state index contributed by atoms with van der Waals surface area (Å²) in [5, 5.41) is 3.44. The molecular weight excluding hydrogens is 322 g/mol. The Kier molecular flexibility index (Phi) is 6.83. The maximum absolute atomic E-state index is 5.86. The van der Waals surface area contributed by atoms with Crippen LogP contribution in [0.5, 0.6) is 0 Å². The van der Waals surface area contributed by atoms with E-state index in [9.17, 15) is 0 Å². The number of allylic oxidation sites excluding steroid dienone is 1. The van der Waals surface area contributed by atoms with Crippen molar-refractivity contribution < 1.29 is 0 Å². The van der Waals surface area contributed by atoms with E-state index >= 15 is 0 Å². The molecule has 0 unspecified atom stereocenters. The fraction of sp³-hybridized carbons (Fsp3) is 0.571. The lowest BCUT2D eigenvalue weighted by Crippen LogP contribution is -2.50. The Morgan fingerprint density at radius 3 is 2.38 bits per heavy atom. The molecule has 3 rings (SSSR count). The maximum Gasteiger partial charge on any atom is 0.119 e. The molecule has 5 nitrogen and oxygen atoms in total. The summed E-state index contributed by atoms with van der Waals surface area (Å²) in [5.41, 5.74) is 6.29. The number of nitrogens with one attached hydrogen (secondary N) is 2. The SMILES string of the molecule is C/C=C(/N=C(NN)C1CCC(N2CCNCC2)CC1)c1ccc(C)cc1. The van der Waals surface area contributed by atoms with E-state index in [1.54, 1.807) is 0 Å². The van der Waals surface area contributed by atoms with Gasteiger partial charge in [0.25, 0.3) is 0 Å². The highest BCUT2D eigenvalue weighted by molar-refractivity contribution is 5.89. The average molecular weight is 356 g/mol. The molecule has 1 aliphatic carbocycles. The van der Waals surface area contributed by atoms with Gasteiger partial charge in [-0.25, -0.2) is 10.8 Å². The number of benzene rings is 1. The molecule has 1 aromatic rings. The van der Waals surface area contributed by atoms with Gasteiger partial charge in [0.05, 0.1) is 5.70 Å². The maximum atomic E-state index is 5.86. The third-order valence-electron chi connectivity index (χ3n) is 5.76. The minimum Gasteiger partial charge on any atom is -0.314 e. The zero-order chi connectivity index (χ0) is 18.4.